The first-order valence-corrected chi connectivity index (χ1v) is 8.78. The van der Waals surface area contributed by atoms with E-state index in [1.165, 1.54) is 11.2 Å². The van der Waals surface area contributed by atoms with E-state index in [9.17, 15) is 13.2 Å². The predicted octanol–water partition coefficient (Wildman–Crippen LogP) is 2.35. The number of nitrogens with zero attached hydrogens (tertiary/aromatic N) is 1. The summed E-state index contributed by atoms with van der Waals surface area (Å²) < 4.78 is 32.3. The van der Waals surface area contributed by atoms with Gasteiger partial charge in [0.1, 0.15) is 6.10 Å². The standard InChI is InChI=1S/C16H23NO4S/c1-12-5-7-15(8-6-12)22(19,20)17-10-14(21-13(2)18)9-16(3,4)11-17/h5-8,14H,9-11H2,1-4H3. The number of hydrogen-bond acceptors (Lipinski definition) is 4. The first kappa shape index (κ1) is 17.0. The summed E-state index contributed by atoms with van der Waals surface area (Å²) in [6.45, 7) is 7.86. The van der Waals surface area contributed by atoms with E-state index in [0.29, 0.717) is 13.0 Å². The van der Waals surface area contributed by atoms with Gasteiger partial charge in [-0.15, -0.1) is 0 Å². The van der Waals surface area contributed by atoms with Crippen molar-refractivity contribution in [1.29, 1.82) is 0 Å². The third-order valence-corrected chi connectivity index (χ3v) is 5.61. The second-order valence-corrected chi connectivity index (χ2v) is 8.65. The predicted molar refractivity (Wildman–Crippen MR) is 83.9 cm³/mol. The van der Waals surface area contributed by atoms with Gasteiger partial charge in [0, 0.05) is 13.5 Å². The van der Waals surface area contributed by atoms with E-state index in [4.69, 9.17) is 4.74 Å². The summed E-state index contributed by atoms with van der Waals surface area (Å²) in [5.41, 5.74) is 0.770. The molecule has 22 heavy (non-hydrogen) atoms. The van der Waals surface area contributed by atoms with Crippen LogP contribution >= 0.6 is 0 Å². The molecule has 0 saturated carbocycles. The van der Waals surface area contributed by atoms with Gasteiger partial charge in [-0.1, -0.05) is 31.5 Å². The Morgan fingerprint density at radius 1 is 1.27 bits per heavy atom. The molecular formula is C16H23NO4S. The van der Waals surface area contributed by atoms with Crippen LogP contribution in [-0.4, -0.2) is 37.9 Å². The molecule has 0 aromatic heterocycles. The van der Waals surface area contributed by atoms with Crippen LogP contribution in [0.15, 0.2) is 29.2 Å². The Morgan fingerprint density at radius 2 is 1.86 bits per heavy atom. The number of hydrogen-bond donors (Lipinski definition) is 0. The lowest BCUT2D eigenvalue weighted by atomic mass is 9.84. The molecule has 1 aromatic carbocycles. The van der Waals surface area contributed by atoms with Crippen molar-refractivity contribution in [3.63, 3.8) is 0 Å². The van der Waals surface area contributed by atoms with Gasteiger partial charge in [0.15, 0.2) is 0 Å². The van der Waals surface area contributed by atoms with Gasteiger partial charge in [-0.05, 0) is 30.9 Å². The third-order valence-electron chi connectivity index (χ3n) is 3.78. The normalized spacial score (nSPS) is 22.3. The lowest BCUT2D eigenvalue weighted by Crippen LogP contribution is -2.50. The first-order valence-electron chi connectivity index (χ1n) is 7.34. The van der Waals surface area contributed by atoms with Crippen molar-refractivity contribution in [2.24, 2.45) is 5.41 Å². The molecule has 1 aliphatic rings. The Kier molecular flexibility index (Phi) is 4.63. The van der Waals surface area contributed by atoms with Crippen molar-refractivity contribution < 1.29 is 17.9 Å². The lowest BCUT2D eigenvalue weighted by molar-refractivity contribution is -0.150. The van der Waals surface area contributed by atoms with Crippen LogP contribution in [0.5, 0.6) is 0 Å². The minimum Gasteiger partial charge on any atom is -0.461 e. The fourth-order valence-corrected chi connectivity index (χ4v) is 4.53. The molecule has 0 bridgehead atoms. The maximum atomic E-state index is 12.8. The summed E-state index contributed by atoms with van der Waals surface area (Å²) >= 11 is 0. The highest BCUT2D eigenvalue weighted by atomic mass is 32.2. The summed E-state index contributed by atoms with van der Waals surface area (Å²) in [5.74, 6) is -0.379. The number of carbonyl (C=O) groups is 1. The summed E-state index contributed by atoms with van der Waals surface area (Å²) in [6.07, 6.45) is 0.258. The maximum Gasteiger partial charge on any atom is 0.302 e. The zero-order valence-electron chi connectivity index (χ0n) is 13.5. The van der Waals surface area contributed by atoms with Crippen LogP contribution in [-0.2, 0) is 19.6 Å². The zero-order chi connectivity index (χ0) is 16.5. The van der Waals surface area contributed by atoms with Crippen molar-refractivity contribution in [2.75, 3.05) is 13.1 Å². The molecule has 1 saturated heterocycles. The van der Waals surface area contributed by atoms with Crippen LogP contribution in [0.25, 0.3) is 0 Å². The Labute approximate surface area is 132 Å². The van der Waals surface area contributed by atoms with E-state index < -0.39 is 16.1 Å². The van der Waals surface area contributed by atoms with E-state index in [1.807, 2.05) is 20.8 Å². The summed E-state index contributed by atoms with van der Waals surface area (Å²) in [5, 5.41) is 0. The van der Waals surface area contributed by atoms with Crippen LogP contribution in [0, 0.1) is 12.3 Å². The molecule has 5 nitrogen and oxygen atoms in total. The molecule has 0 radical (unpaired) electrons. The largest absolute Gasteiger partial charge is 0.461 e. The molecule has 1 unspecified atom stereocenters. The van der Waals surface area contributed by atoms with Gasteiger partial charge >= 0.3 is 5.97 Å². The molecule has 1 aromatic rings. The quantitative estimate of drug-likeness (QED) is 0.800. The number of esters is 1. The van der Waals surface area contributed by atoms with Gasteiger partial charge < -0.3 is 4.74 Å². The summed E-state index contributed by atoms with van der Waals surface area (Å²) in [4.78, 5) is 11.5. The van der Waals surface area contributed by atoms with Crippen LogP contribution in [0.4, 0.5) is 0 Å². The summed E-state index contributed by atoms with van der Waals surface area (Å²) in [6, 6.07) is 6.80. The number of aryl methyl sites for hydroxylation is 1. The van der Waals surface area contributed by atoms with Gasteiger partial charge in [0.05, 0.1) is 11.4 Å². The molecule has 2 rings (SSSR count). The Hall–Kier alpha value is -1.40. The molecule has 0 spiro atoms. The Bertz CT molecular complexity index is 649. The molecule has 122 valence electrons. The Morgan fingerprint density at radius 3 is 2.41 bits per heavy atom. The van der Waals surface area contributed by atoms with Crippen molar-refractivity contribution in [3.05, 3.63) is 29.8 Å². The molecular weight excluding hydrogens is 302 g/mol. The highest BCUT2D eigenvalue weighted by molar-refractivity contribution is 7.89. The molecule has 1 fully saturated rings. The van der Waals surface area contributed by atoms with E-state index in [2.05, 4.69) is 0 Å². The fourth-order valence-electron chi connectivity index (χ4n) is 2.87. The Balaban J connectivity index is 2.28. The summed E-state index contributed by atoms with van der Waals surface area (Å²) in [7, 11) is -3.58. The van der Waals surface area contributed by atoms with Crippen molar-refractivity contribution >= 4 is 16.0 Å². The molecule has 6 heteroatoms. The average molecular weight is 325 g/mol. The van der Waals surface area contributed by atoms with Crippen molar-refractivity contribution in [3.8, 4) is 0 Å². The number of rotatable bonds is 3. The van der Waals surface area contributed by atoms with Gasteiger partial charge in [0.2, 0.25) is 10.0 Å². The second-order valence-electron chi connectivity index (χ2n) is 6.71. The van der Waals surface area contributed by atoms with E-state index in [-0.39, 0.29) is 22.8 Å². The van der Waals surface area contributed by atoms with Gasteiger partial charge in [-0.2, -0.15) is 4.31 Å². The van der Waals surface area contributed by atoms with E-state index in [0.717, 1.165) is 5.56 Å². The number of benzene rings is 1. The molecule has 1 aliphatic heterocycles. The number of sulfonamides is 1. The average Bonchev–Trinajstić information content (AvgIpc) is 2.36. The monoisotopic (exact) mass is 325 g/mol. The highest BCUT2D eigenvalue weighted by Crippen LogP contribution is 2.33. The van der Waals surface area contributed by atoms with Crippen LogP contribution in [0.1, 0.15) is 32.8 Å². The highest BCUT2D eigenvalue weighted by Gasteiger charge is 2.39. The van der Waals surface area contributed by atoms with Crippen LogP contribution in [0.2, 0.25) is 0 Å². The minimum atomic E-state index is -3.58. The molecule has 0 amide bonds. The molecule has 1 heterocycles. The smallest absolute Gasteiger partial charge is 0.302 e. The second kappa shape index (κ2) is 6.01. The molecule has 1 atom stereocenters. The van der Waals surface area contributed by atoms with Crippen molar-refractivity contribution in [2.45, 2.75) is 45.1 Å². The number of piperidine rings is 1. The van der Waals surface area contributed by atoms with Gasteiger partial charge in [0.25, 0.3) is 0 Å². The fraction of sp³-hybridized carbons (Fsp3) is 0.562. The zero-order valence-corrected chi connectivity index (χ0v) is 14.3. The molecule has 0 aliphatic carbocycles. The van der Waals surface area contributed by atoms with Crippen LogP contribution < -0.4 is 0 Å². The number of ether oxygens (including phenoxy) is 1. The van der Waals surface area contributed by atoms with Crippen LogP contribution in [0.3, 0.4) is 0 Å². The topological polar surface area (TPSA) is 63.7 Å². The van der Waals surface area contributed by atoms with E-state index in [1.54, 1.807) is 24.3 Å². The van der Waals surface area contributed by atoms with Crippen molar-refractivity contribution in [1.82, 2.24) is 4.31 Å². The lowest BCUT2D eigenvalue weighted by Gasteiger charge is -2.41. The molecule has 0 N–H and O–H groups in total. The first-order chi connectivity index (χ1) is 10.1. The van der Waals surface area contributed by atoms with E-state index >= 15 is 0 Å². The third kappa shape index (κ3) is 3.87. The van der Waals surface area contributed by atoms with Gasteiger partial charge in [-0.3, -0.25) is 4.79 Å². The van der Waals surface area contributed by atoms with Gasteiger partial charge in [-0.25, -0.2) is 8.42 Å². The minimum absolute atomic E-state index is 0.208. The SMILES string of the molecule is CC(=O)OC1CN(S(=O)(=O)c2ccc(C)cc2)CC(C)(C)C1. The number of carbonyl (C=O) groups excluding carboxylic acids is 1. The maximum absolute atomic E-state index is 12.8.